The van der Waals surface area contributed by atoms with Crippen LogP contribution in [0.25, 0.3) is 0 Å². The third-order valence-electron chi connectivity index (χ3n) is 3.82. The van der Waals surface area contributed by atoms with Gasteiger partial charge in [0.05, 0.1) is 6.42 Å². The van der Waals surface area contributed by atoms with Gasteiger partial charge in [-0.25, -0.2) is 4.39 Å². The normalized spacial score (nSPS) is 15.2. The largest absolute Gasteiger partial charge is 0.492 e. The lowest BCUT2D eigenvalue weighted by molar-refractivity contribution is -0.136. The van der Waals surface area contributed by atoms with Gasteiger partial charge in [0, 0.05) is 39.3 Å². The van der Waals surface area contributed by atoms with Crippen LogP contribution in [-0.2, 0) is 11.2 Å². The third kappa shape index (κ3) is 8.15. The van der Waals surface area contributed by atoms with Crippen molar-refractivity contribution >= 4 is 30.8 Å². The van der Waals surface area contributed by atoms with Crippen molar-refractivity contribution < 1.29 is 19.0 Å². The minimum Gasteiger partial charge on any atom is -0.492 e. The molecule has 8 heteroatoms. The van der Waals surface area contributed by atoms with E-state index in [1.54, 1.807) is 24.3 Å². The average Bonchev–Trinajstić information content (AvgIpc) is 2.50. The molecule has 0 unspecified atom stereocenters. The SMILES string of the molecule is Cl.Cl.O=C(O)Cc1ccc(OCCN2CCN(CCF)CC2)cc1. The number of hydrogen-bond acceptors (Lipinski definition) is 4. The first-order valence-corrected chi connectivity index (χ1v) is 7.61. The molecule has 5 nitrogen and oxygen atoms in total. The zero-order chi connectivity index (χ0) is 15.8. The minimum atomic E-state index is -0.833. The Bertz CT molecular complexity index is 469. The third-order valence-corrected chi connectivity index (χ3v) is 3.82. The van der Waals surface area contributed by atoms with E-state index in [0.29, 0.717) is 13.2 Å². The Labute approximate surface area is 154 Å². The summed E-state index contributed by atoms with van der Waals surface area (Å²) in [4.78, 5) is 15.1. The van der Waals surface area contributed by atoms with Gasteiger partial charge in [-0.15, -0.1) is 24.8 Å². The Morgan fingerprint density at radius 1 is 1.04 bits per heavy atom. The molecule has 24 heavy (non-hydrogen) atoms. The van der Waals surface area contributed by atoms with Crippen molar-refractivity contribution in [3.8, 4) is 5.75 Å². The molecule has 0 atom stereocenters. The molecular formula is C16H25Cl2FN2O3. The zero-order valence-electron chi connectivity index (χ0n) is 13.5. The van der Waals surface area contributed by atoms with Crippen molar-refractivity contribution in [1.29, 1.82) is 0 Å². The molecule has 0 aliphatic carbocycles. The number of hydrogen-bond donors (Lipinski definition) is 1. The first kappa shape index (κ1) is 22.9. The van der Waals surface area contributed by atoms with Gasteiger partial charge < -0.3 is 9.84 Å². The first-order chi connectivity index (χ1) is 10.7. The second kappa shape index (κ2) is 12.3. The Kier molecular flexibility index (Phi) is 11.8. The molecule has 0 amide bonds. The fourth-order valence-corrected chi connectivity index (χ4v) is 2.53. The molecule has 0 aromatic heterocycles. The number of ether oxygens (including phenoxy) is 1. The summed E-state index contributed by atoms with van der Waals surface area (Å²) in [5.74, 6) is -0.0780. The van der Waals surface area contributed by atoms with Crippen LogP contribution in [0.15, 0.2) is 24.3 Å². The number of aliphatic carboxylic acids is 1. The average molecular weight is 383 g/mol. The Hall–Kier alpha value is -1.08. The highest BCUT2D eigenvalue weighted by atomic mass is 35.5. The fourth-order valence-electron chi connectivity index (χ4n) is 2.53. The number of carboxylic acid groups (broad SMARTS) is 1. The van der Waals surface area contributed by atoms with Crippen LogP contribution in [0.2, 0.25) is 0 Å². The minimum absolute atomic E-state index is 0. The van der Waals surface area contributed by atoms with E-state index in [2.05, 4.69) is 9.80 Å². The van der Waals surface area contributed by atoms with Crippen molar-refractivity contribution in [3.05, 3.63) is 29.8 Å². The van der Waals surface area contributed by atoms with Gasteiger partial charge in [-0.2, -0.15) is 0 Å². The molecular weight excluding hydrogens is 358 g/mol. The number of alkyl halides is 1. The van der Waals surface area contributed by atoms with Crippen molar-refractivity contribution in [2.75, 3.05) is 52.6 Å². The molecule has 2 rings (SSSR count). The molecule has 0 spiro atoms. The maximum atomic E-state index is 12.3. The van der Waals surface area contributed by atoms with Gasteiger partial charge in [-0.1, -0.05) is 12.1 Å². The van der Waals surface area contributed by atoms with Crippen LogP contribution < -0.4 is 4.74 Å². The van der Waals surface area contributed by atoms with Gasteiger partial charge >= 0.3 is 5.97 Å². The quantitative estimate of drug-likeness (QED) is 0.746. The van der Waals surface area contributed by atoms with Gasteiger partial charge in [0.25, 0.3) is 0 Å². The van der Waals surface area contributed by atoms with Crippen molar-refractivity contribution in [1.82, 2.24) is 9.80 Å². The molecule has 0 radical (unpaired) electrons. The molecule has 1 fully saturated rings. The number of piperazine rings is 1. The number of halogens is 3. The van der Waals surface area contributed by atoms with E-state index < -0.39 is 5.97 Å². The van der Waals surface area contributed by atoms with Gasteiger partial charge in [-0.05, 0) is 17.7 Å². The maximum Gasteiger partial charge on any atom is 0.307 e. The maximum absolute atomic E-state index is 12.3. The van der Waals surface area contributed by atoms with Crippen LogP contribution in [-0.4, -0.2) is 73.4 Å². The number of nitrogens with zero attached hydrogens (tertiary/aromatic N) is 2. The lowest BCUT2D eigenvalue weighted by Gasteiger charge is -2.33. The van der Waals surface area contributed by atoms with E-state index in [1.807, 2.05) is 0 Å². The van der Waals surface area contributed by atoms with Crippen molar-refractivity contribution in [2.24, 2.45) is 0 Å². The van der Waals surface area contributed by atoms with Crippen LogP contribution in [0.3, 0.4) is 0 Å². The van der Waals surface area contributed by atoms with E-state index in [9.17, 15) is 9.18 Å². The molecule has 1 heterocycles. The Balaban J connectivity index is 0.00000264. The summed E-state index contributed by atoms with van der Waals surface area (Å²) in [5, 5.41) is 8.71. The predicted octanol–water partition coefficient (Wildman–Crippen LogP) is 2.12. The van der Waals surface area contributed by atoms with Crippen molar-refractivity contribution in [2.45, 2.75) is 6.42 Å². The van der Waals surface area contributed by atoms with Crippen LogP contribution in [0.4, 0.5) is 4.39 Å². The van der Waals surface area contributed by atoms with Crippen LogP contribution in [0, 0.1) is 0 Å². The molecule has 138 valence electrons. The van der Waals surface area contributed by atoms with Gasteiger partial charge in [-0.3, -0.25) is 14.6 Å². The molecule has 0 bridgehead atoms. The molecule has 1 aliphatic heterocycles. The summed E-state index contributed by atoms with van der Waals surface area (Å²) in [5.41, 5.74) is 0.767. The second-order valence-electron chi connectivity index (χ2n) is 5.44. The fraction of sp³-hybridized carbons (Fsp3) is 0.562. The summed E-state index contributed by atoms with van der Waals surface area (Å²) in [6.07, 6.45) is 0.0312. The number of carboxylic acids is 1. The summed E-state index contributed by atoms with van der Waals surface area (Å²) in [6.45, 7) is 5.42. The number of rotatable bonds is 8. The molecule has 1 saturated heterocycles. The number of benzene rings is 1. The summed E-state index contributed by atoms with van der Waals surface area (Å²) in [6, 6.07) is 7.16. The van der Waals surface area contributed by atoms with E-state index in [0.717, 1.165) is 44.0 Å². The molecule has 1 N–H and O–H groups in total. The smallest absolute Gasteiger partial charge is 0.307 e. The number of carbonyl (C=O) groups is 1. The first-order valence-electron chi connectivity index (χ1n) is 7.61. The standard InChI is InChI=1S/C16H23FN2O3.2ClH/c17-5-6-18-7-9-19(10-8-18)11-12-22-15-3-1-14(2-4-15)13-16(20)21;;/h1-4H,5-13H2,(H,20,21);2*1H. The monoisotopic (exact) mass is 382 g/mol. The summed E-state index contributed by atoms with van der Waals surface area (Å²) in [7, 11) is 0. The van der Waals surface area contributed by atoms with Crippen LogP contribution in [0.5, 0.6) is 5.75 Å². The van der Waals surface area contributed by atoms with E-state index >= 15 is 0 Å². The highest BCUT2D eigenvalue weighted by molar-refractivity contribution is 5.85. The summed E-state index contributed by atoms with van der Waals surface area (Å²) < 4.78 is 17.9. The van der Waals surface area contributed by atoms with Gasteiger partial charge in [0.1, 0.15) is 19.0 Å². The zero-order valence-corrected chi connectivity index (χ0v) is 15.2. The second-order valence-corrected chi connectivity index (χ2v) is 5.44. The molecule has 1 aliphatic rings. The van der Waals surface area contributed by atoms with Crippen molar-refractivity contribution in [3.63, 3.8) is 0 Å². The van der Waals surface area contributed by atoms with Crippen LogP contribution >= 0.6 is 24.8 Å². The highest BCUT2D eigenvalue weighted by Gasteiger charge is 2.15. The predicted molar refractivity (Wildman–Crippen MR) is 96.6 cm³/mol. The van der Waals surface area contributed by atoms with Gasteiger partial charge in [0.15, 0.2) is 0 Å². The Morgan fingerprint density at radius 2 is 1.58 bits per heavy atom. The van der Waals surface area contributed by atoms with Gasteiger partial charge in [0.2, 0.25) is 0 Å². The lowest BCUT2D eigenvalue weighted by Crippen LogP contribution is -2.47. The summed E-state index contributed by atoms with van der Waals surface area (Å²) >= 11 is 0. The topological polar surface area (TPSA) is 53.0 Å². The molecule has 0 saturated carbocycles. The lowest BCUT2D eigenvalue weighted by atomic mass is 10.1. The van der Waals surface area contributed by atoms with E-state index in [1.165, 1.54) is 0 Å². The highest BCUT2D eigenvalue weighted by Crippen LogP contribution is 2.13. The van der Waals surface area contributed by atoms with E-state index in [4.69, 9.17) is 9.84 Å². The Morgan fingerprint density at radius 3 is 2.08 bits per heavy atom. The van der Waals surface area contributed by atoms with Crippen LogP contribution in [0.1, 0.15) is 5.56 Å². The van der Waals surface area contributed by atoms with E-state index in [-0.39, 0.29) is 37.9 Å². The molecule has 1 aromatic carbocycles. The molecule has 1 aromatic rings.